The molecule has 0 atom stereocenters. The quantitative estimate of drug-likeness (QED) is 0.266. The Morgan fingerprint density at radius 3 is 2.70 bits per heavy atom. The zero-order valence-corrected chi connectivity index (χ0v) is 20.7. The van der Waals surface area contributed by atoms with E-state index >= 15 is 0 Å². The first-order valence-corrected chi connectivity index (χ1v) is 11.7. The van der Waals surface area contributed by atoms with Crippen molar-refractivity contribution in [1.29, 1.82) is 0 Å². The number of fused-ring (bicyclic) bond motifs is 1. The van der Waals surface area contributed by atoms with Crippen LogP contribution in [0.2, 0.25) is 10.0 Å². The molecule has 5 aromatic rings. The van der Waals surface area contributed by atoms with Crippen molar-refractivity contribution >= 4 is 40.6 Å². The maximum Gasteiger partial charge on any atom is 0.280 e. The number of hydrogen-bond acceptors (Lipinski definition) is 5. The molecule has 0 bridgehead atoms. The minimum atomic E-state index is -2.86. The summed E-state index contributed by atoms with van der Waals surface area (Å²) in [4.78, 5) is 17.6. The molecule has 3 heterocycles. The number of alkyl halides is 2. The van der Waals surface area contributed by atoms with Gasteiger partial charge in [0.15, 0.2) is 11.5 Å². The lowest BCUT2D eigenvalue weighted by atomic mass is 10.1. The van der Waals surface area contributed by atoms with E-state index in [-0.39, 0.29) is 22.7 Å². The van der Waals surface area contributed by atoms with Gasteiger partial charge in [0.05, 0.1) is 25.5 Å². The number of rotatable bonds is 7. The number of para-hydroxylation sites is 1. The molecule has 0 saturated heterocycles. The van der Waals surface area contributed by atoms with Crippen LogP contribution in [0.1, 0.15) is 28.0 Å². The van der Waals surface area contributed by atoms with Gasteiger partial charge in [0.1, 0.15) is 17.0 Å². The molecule has 2 aromatic carbocycles. The second-order valence-corrected chi connectivity index (χ2v) is 8.79. The third-order valence-corrected chi connectivity index (χ3v) is 6.17. The van der Waals surface area contributed by atoms with Gasteiger partial charge in [-0.05, 0) is 35.9 Å². The molecule has 0 radical (unpaired) electrons. The van der Waals surface area contributed by atoms with E-state index in [1.54, 1.807) is 59.4 Å². The number of aromatic nitrogens is 5. The Labute approximate surface area is 219 Å². The van der Waals surface area contributed by atoms with Gasteiger partial charge in [0.2, 0.25) is 0 Å². The molecule has 0 aliphatic heterocycles. The van der Waals surface area contributed by atoms with Gasteiger partial charge < -0.3 is 10.1 Å². The summed E-state index contributed by atoms with van der Waals surface area (Å²) in [7, 11) is 1.48. The van der Waals surface area contributed by atoms with Crippen LogP contribution in [0, 0.1) is 0 Å². The molecule has 188 valence electrons. The Hall–Kier alpha value is -4.02. The van der Waals surface area contributed by atoms with E-state index in [0.29, 0.717) is 27.9 Å². The number of benzene rings is 2. The molecular formula is C25H18Cl2F2N6O2. The summed E-state index contributed by atoms with van der Waals surface area (Å²) in [6.07, 6.45) is 0.00836. The molecule has 0 aliphatic carbocycles. The standard InChI is InChI=1S/C25H18Cl2F2N6O2/c1-37-21-5-3-2-4-16(21)19-11-20(23(28)29)35-24(31-19)17(12-30-35)25(36)32-22-8-9-34(33-22)13-14-6-7-15(26)10-18(14)27/h2-12,23H,13H2,1H3,(H,32,33,36). The van der Waals surface area contributed by atoms with Gasteiger partial charge in [-0.25, -0.2) is 18.3 Å². The van der Waals surface area contributed by atoms with E-state index in [2.05, 4.69) is 20.5 Å². The monoisotopic (exact) mass is 542 g/mol. The molecule has 3 aromatic heterocycles. The molecule has 12 heteroatoms. The molecular weight excluding hydrogens is 525 g/mol. The fourth-order valence-corrected chi connectivity index (χ4v) is 4.29. The molecule has 8 nitrogen and oxygen atoms in total. The average Bonchev–Trinajstić information content (AvgIpc) is 3.51. The third kappa shape index (κ3) is 4.98. The number of carbonyl (C=O) groups excluding carboxylic acids is 1. The van der Waals surface area contributed by atoms with E-state index in [1.807, 2.05) is 0 Å². The minimum absolute atomic E-state index is 0.00828. The first-order valence-electron chi connectivity index (χ1n) is 10.9. The highest BCUT2D eigenvalue weighted by atomic mass is 35.5. The number of amides is 1. The van der Waals surface area contributed by atoms with Crippen molar-refractivity contribution in [3.05, 3.63) is 93.9 Å². The predicted molar refractivity (Wildman–Crippen MR) is 136 cm³/mol. The number of nitrogens with one attached hydrogen (secondary N) is 1. The maximum absolute atomic E-state index is 13.9. The SMILES string of the molecule is COc1ccccc1-c1cc(C(F)F)n2ncc(C(=O)Nc3ccn(Cc4ccc(Cl)cc4Cl)n3)c2n1. The molecule has 1 N–H and O–H groups in total. The molecule has 0 unspecified atom stereocenters. The van der Waals surface area contributed by atoms with Crippen molar-refractivity contribution in [2.75, 3.05) is 12.4 Å². The summed E-state index contributed by atoms with van der Waals surface area (Å²) in [6, 6.07) is 14.9. The number of methoxy groups -OCH3 is 1. The van der Waals surface area contributed by atoms with E-state index in [0.717, 1.165) is 10.1 Å². The Bertz CT molecular complexity index is 1620. The number of carbonyl (C=O) groups is 1. The molecule has 0 saturated carbocycles. The lowest BCUT2D eigenvalue weighted by Crippen LogP contribution is -2.13. The van der Waals surface area contributed by atoms with Crippen LogP contribution >= 0.6 is 23.2 Å². The second kappa shape index (κ2) is 10.2. The Kier molecular flexibility index (Phi) is 6.77. The van der Waals surface area contributed by atoms with Crippen molar-refractivity contribution in [3.63, 3.8) is 0 Å². The van der Waals surface area contributed by atoms with E-state index in [4.69, 9.17) is 27.9 Å². The van der Waals surface area contributed by atoms with Crippen LogP contribution < -0.4 is 10.1 Å². The third-order valence-electron chi connectivity index (χ3n) is 5.58. The maximum atomic E-state index is 13.9. The van der Waals surface area contributed by atoms with Crippen molar-refractivity contribution < 1.29 is 18.3 Å². The van der Waals surface area contributed by atoms with Crippen LogP contribution in [-0.2, 0) is 6.54 Å². The summed E-state index contributed by atoms with van der Waals surface area (Å²) in [5.41, 5.74) is 1.09. The molecule has 0 fully saturated rings. The molecule has 0 spiro atoms. The summed E-state index contributed by atoms with van der Waals surface area (Å²) in [5.74, 6) is 0.107. The lowest BCUT2D eigenvalue weighted by Gasteiger charge is -2.11. The average molecular weight is 543 g/mol. The Morgan fingerprint density at radius 2 is 1.95 bits per heavy atom. The largest absolute Gasteiger partial charge is 0.496 e. The van der Waals surface area contributed by atoms with Gasteiger partial charge in [-0.2, -0.15) is 10.2 Å². The highest BCUT2D eigenvalue weighted by molar-refractivity contribution is 6.35. The van der Waals surface area contributed by atoms with Crippen LogP contribution in [0.15, 0.2) is 67.0 Å². The van der Waals surface area contributed by atoms with Gasteiger partial charge in [-0.1, -0.05) is 41.4 Å². The Morgan fingerprint density at radius 1 is 1.14 bits per heavy atom. The van der Waals surface area contributed by atoms with Crippen LogP contribution in [0.5, 0.6) is 5.75 Å². The molecule has 0 aliphatic rings. The van der Waals surface area contributed by atoms with Crippen molar-refractivity contribution in [1.82, 2.24) is 24.4 Å². The summed E-state index contributed by atoms with van der Waals surface area (Å²) < 4.78 is 35.7. The first kappa shape index (κ1) is 24.7. The highest BCUT2D eigenvalue weighted by Gasteiger charge is 2.23. The highest BCUT2D eigenvalue weighted by Crippen LogP contribution is 2.32. The first-order chi connectivity index (χ1) is 17.8. The smallest absolute Gasteiger partial charge is 0.280 e. The fourth-order valence-electron chi connectivity index (χ4n) is 3.82. The van der Waals surface area contributed by atoms with Crippen LogP contribution in [0.4, 0.5) is 14.6 Å². The van der Waals surface area contributed by atoms with Crippen molar-refractivity contribution in [2.45, 2.75) is 13.0 Å². The zero-order valence-electron chi connectivity index (χ0n) is 19.2. The van der Waals surface area contributed by atoms with Gasteiger partial charge in [0, 0.05) is 27.9 Å². The topological polar surface area (TPSA) is 86.3 Å². The van der Waals surface area contributed by atoms with Crippen LogP contribution in [0.25, 0.3) is 16.9 Å². The van der Waals surface area contributed by atoms with E-state index in [1.165, 1.54) is 19.4 Å². The molecule has 37 heavy (non-hydrogen) atoms. The number of anilines is 1. The lowest BCUT2D eigenvalue weighted by molar-refractivity contribution is 0.102. The summed E-state index contributed by atoms with van der Waals surface area (Å²) in [5, 5.41) is 12.0. The molecule has 5 rings (SSSR count). The fraction of sp³-hybridized carbons (Fsp3) is 0.120. The van der Waals surface area contributed by atoms with Crippen molar-refractivity contribution in [2.24, 2.45) is 0 Å². The Balaban J connectivity index is 1.45. The predicted octanol–water partition coefficient (Wildman–Crippen LogP) is 6.15. The van der Waals surface area contributed by atoms with Gasteiger partial charge in [-0.3, -0.25) is 9.48 Å². The second-order valence-electron chi connectivity index (χ2n) is 7.95. The number of nitrogens with zero attached hydrogens (tertiary/aromatic N) is 5. The number of hydrogen-bond donors (Lipinski definition) is 1. The van der Waals surface area contributed by atoms with Crippen LogP contribution in [-0.4, -0.2) is 37.4 Å². The van der Waals surface area contributed by atoms with Crippen molar-refractivity contribution in [3.8, 4) is 17.0 Å². The molecule has 1 amide bonds. The van der Waals surface area contributed by atoms with E-state index < -0.39 is 18.0 Å². The summed E-state index contributed by atoms with van der Waals surface area (Å²) >= 11 is 12.2. The van der Waals surface area contributed by atoms with Gasteiger partial charge >= 0.3 is 0 Å². The minimum Gasteiger partial charge on any atom is -0.496 e. The normalized spacial score (nSPS) is 11.3. The summed E-state index contributed by atoms with van der Waals surface area (Å²) in [6.45, 7) is 0.351. The number of halogens is 4. The number of ether oxygens (including phenoxy) is 1. The van der Waals surface area contributed by atoms with E-state index in [9.17, 15) is 13.6 Å². The van der Waals surface area contributed by atoms with Crippen LogP contribution in [0.3, 0.4) is 0 Å². The van der Waals surface area contributed by atoms with Gasteiger partial charge in [-0.15, -0.1) is 0 Å². The van der Waals surface area contributed by atoms with Gasteiger partial charge in [0.25, 0.3) is 12.3 Å². The zero-order chi connectivity index (χ0) is 26.1.